The molecule has 2 aromatic carbocycles. The number of sulfonamides is 1. The van der Waals surface area contributed by atoms with Crippen LogP contribution >= 0.6 is 0 Å². The largest absolute Gasteiger partial charge is 0.328 e. The standard InChI is InChI=1S/C19H21N3O3S/c1-21-17-7-2-3-8-18(17)22(19(21)23)12-11-20-26(24,25)16-10-9-14-5-4-6-15(14)13-16/h2-3,7-10,13,20H,4-6,11-12H2,1H3. The first kappa shape index (κ1) is 17.1. The third-order valence-corrected chi connectivity index (χ3v) is 6.52. The smallest absolute Gasteiger partial charge is 0.295 e. The van der Waals surface area contributed by atoms with Crippen molar-refractivity contribution in [2.24, 2.45) is 7.05 Å². The first-order valence-electron chi connectivity index (χ1n) is 8.73. The van der Waals surface area contributed by atoms with Crippen LogP contribution in [0.3, 0.4) is 0 Å². The van der Waals surface area contributed by atoms with E-state index in [0.29, 0.717) is 4.90 Å². The predicted octanol–water partition coefficient (Wildman–Crippen LogP) is 1.81. The van der Waals surface area contributed by atoms with Crippen molar-refractivity contribution < 1.29 is 8.42 Å². The quantitative estimate of drug-likeness (QED) is 0.743. The van der Waals surface area contributed by atoms with Gasteiger partial charge < -0.3 is 0 Å². The van der Waals surface area contributed by atoms with Crippen molar-refractivity contribution in [3.05, 3.63) is 64.1 Å². The van der Waals surface area contributed by atoms with Crippen molar-refractivity contribution in [3.8, 4) is 0 Å². The van der Waals surface area contributed by atoms with Gasteiger partial charge in [0.15, 0.2) is 0 Å². The lowest BCUT2D eigenvalue weighted by molar-refractivity contribution is 0.571. The van der Waals surface area contributed by atoms with Gasteiger partial charge in [0, 0.05) is 20.1 Å². The minimum Gasteiger partial charge on any atom is -0.295 e. The number of para-hydroxylation sites is 2. The molecule has 1 aliphatic rings. The number of nitrogens with zero attached hydrogens (tertiary/aromatic N) is 2. The summed E-state index contributed by atoms with van der Waals surface area (Å²) in [6.45, 7) is 0.442. The van der Waals surface area contributed by atoms with E-state index >= 15 is 0 Å². The average molecular weight is 371 g/mol. The van der Waals surface area contributed by atoms with Crippen LogP contribution in [0.1, 0.15) is 17.5 Å². The van der Waals surface area contributed by atoms with E-state index in [-0.39, 0.29) is 18.8 Å². The molecule has 26 heavy (non-hydrogen) atoms. The van der Waals surface area contributed by atoms with Gasteiger partial charge in [0.05, 0.1) is 15.9 Å². The lowest BCUT2D eigenvalue weighted by atomic mass is 10.1. The molecule has 1 N–H and O–H groups in total. The van der Waals surface area contributed by atoms with Crippen molar-refractivity contribution in [2.75, 3.05) is 6.54 Å². The van der Waals surface area contributed by atoms with Crippen molar-refractivity contribution in [3.63, 3.8) is 0 Å². The summed E-state index contributed by atoms with van der Waals surface area (Å²) in [5.41, 5.74) is 3.85. The number of benzene rings is 2. The second-order valence-electron chi connectivity index (χ2n) is 6.66. The summed E-state index contributed by atoms with van der Waals surface area (Å²) in [5, 5.41) is 0. The highest BCUT2D eigenvalue weighted by atomic mass is 32.2. The molecule has 4 rings (SSSR count). The number of nitrogens with one attached hydrogen (secondary N) is 1. The molecule has 0 aliphatic heterocycles. The maximum Gasteiger partial charge on any atom is 0.328 e. The second-order valence-corrected chi connectivity index (χ2v) is 8.43. The number of aromatic nitrogens is 2. The Morgan fingerprint density at radius 3 is 2.58 bits per heavy atom. The van der Waals surface area contributed by atoms with Gasteiger partial charge in [0.1, 0.15) is 0 Å². The summed E-state index contributed by atoms with van der Waals surface area (Å²) in [6.07, 6.45) is 3.04. The molecular weight excluding hydrogens is 350 g/mol. The lowest BCUT2D eigenvalue weighted by Gasteiger charge is -2.09. The number of fused-ring (bicyclic) bond motifs is 2. The molecule has 0 fully saturated rings. The van der Waals surface area contributed by atoms with Gasteiger partial charge in [-0.1, -0.05) is 18.2 Å². The fraction of sp³-hybridized carbons (Fsp3) is 0.316. The molecule has 136 valence electrons. The zero-order valence-electron chi connectivity index (χ0n) is 14.6. The molecule has 0 amide bonds. The summed E-state index contributed by atoms with van der Waals surface area (Å²) in [6, 6.07) is 12.8. The molecule has 1 aromatic heterocycles. The minimum atomic E-state index is -3.58. The van der Waals surface area contributed by atoms with Crippen LogP contribution in [-0.4, -0.2) is 24.1 Å². The van der Waals surface area contributed by atoms with Crippen molar-refractivity contribution in [1.29, 1.82) is 0 Å². The van der Waals surface area contributed by atoms with Gasteiger partial charge >= 0.3 is 5.69 Å². The van der Waals surface area contributed by atoms with Gasteiger partial charge in [-0.3, -0.25) is 9.13 Å². The molecule has 6 nitrogen and oxygen atoms in total. The van der Waals surface area contributed by atoms with E-state index in [9.17, 15) is 13.2 Å². The van der Waals surface area contributed by atoms with Gasteiger partial charge in [0.2, 0.25) is 10.0 Å². The van der Waals surface area contributed by atoms with Crippen LogP contribution in [0.4, 0.5) is 0 Å². The van der Waals surface area contributed by atoms with Crippen LogP contribution in [0.25, 0.3) is 11.0 Å². The van der Waals surface area contributed by atoms with E-state index in [0.717, 1.165) is 35.9 Å². The summed E-state index contributed by atoms with van der Waals surface area (Å²) in [4.78, 5) is 12.7. The molecule has 7 heteroatoms. The Hall–Kier alpha value is -2.38. The molecule has 1 heterocycles. The van der Waals surface area contributed by atoms with E-state index in [2.05, 4.69) is 4.72 Å². The Bertz CT molecular complexity index is 1140. The predicted molar refractivity (Wildman–Crippen MR) is 101 cm³/mol. The maximum atomic E-state index is 12.6. The summed E-state index contributed by atoms with van der Waals surface area (Å²) in [5.74, 6) is 0. The fourth-order valence-electron chi connectivity index (χ4n) is 3.67. The van der Waals surface area contributed by atoms with Gasteiger partial charge in [0.25, 0.3) is 0 Å². The van der Waals surface area contributed by atoms with Crippen molar-refractivity contribution in [1.82, 2.24) is 13.9 Å². The molecule has 0 spiro atoms. The first-order chi connectivity index (χ1) is 12.5. The zero-order chi connectivity index (χ0) is 18.3. The molecule has 1 aliphatic carbocycles. The lowest BCUT2D eigenvalue weighted by Crippen LogP contribution is -2.31. The van der Waals surface area contributed by atoms with E-state index in [4.69, 9.17) is 0 Å². The summed E-state index contributed by atoms with van der Waals surface area (Å²) in [7, 11) is -1.87. The molecule has 0 bridgehead atoms. The molecule has 0 unspecified atom stereocenters. The van der Waals surface area contributed by atoms with Gasteiger partial charge in [-0.15, -0.1) is 0 Å². The summed E-state index contributed by atoms with van der Waals surface area (Å²) >= 11 is 0. The number of hydrogen-bond acceptors (Lipinski definition) is 3. The molecule has 0 atom stereocenters. The first-order valence-corrected chi connectivity index (χ1v) is 10.2. The molecule has 3 aromatic rings. The number of rotatable bonds is 5. The fourth-order valence-corrected chi connectivity index (χ4v) is 4.74. The number of imidazole rings is 1. The average Bonchev–Trinajstić information content (AvgIpc) is 3.20. The Morgan fingerprint density at radius 2 is 1.77 bits per heavy atom. The van der Waals surface area contributed by atoms with Crippen LogP contribution in [0, 0.1) is 0 Å². The van der Waals surface area contributed by atoms with Gasteiger partial charge in [-0.25, -0.2) is 17.9 Å². The second kappa shape index (κ2) is 6.41. The highest BCUT2D eigenvalue weighted by molar-refractivity contribution is 7.89. The van der Waals surface area contributed by atoms with Crippen molar-refractivity contribution >= 4 is 21.1 Å². The normalized spacial score (nSPS) is 14.0. The van der Waals surface area contributed by atoms with Crippen LogP contribution in [0.15, 0.2) is 52.2 Å². The SMILES string of the molecule is Cn1c(=O)n(CCNS(=O)(=O)c2ccc3c(c2)CCC3)c2ccccc21. The molecule has 0 saturated heterocycles. The Labute approximate surface area is 152 Å². The third kappa shape index (κ3) is 2.87. The highest BCUT2D eigenvalue weighted by Crippen LogP contribution is 2.24. The third-order valence-electron chi connectivity index (χ3n) is 5.06. The van der Waals surface area contributed by atoms with Crippen LogP contribution in [-0.2, 0) is 36.5 Å². The zero-order valence-corrected chi connectivity index (χ0v) is 15.4. The van der Waals surface area contributed by atoms with Gasteiger partial charge in [-0.2, -0.15) is 0 Å². The monoisotopic (exact) mass is 371 g/mol. The Balaban J connectivity index is 1.53. The van der Waals surface area contributed by atoms with E-state index in [1.54, 1.807) is 28.3 Å². The maximum absolute atomic E-state index is 12.6. The molecular formula is C19H21N3O3S. The van der Waals surface area contributed by atoms with Crippen LogP contribution in [0.5, 0.6) is 0 Å². The van der Waals surface area contributed by atoms with Gasteiger partial charge in [-0.05, 0) is 54.7 Å². The number of hydrogen-bond donors (Lipinski definition) is 1. The number of aryl methyl sites for hydroxylation is 3. The van der Waals surface area contributed by atoms with Crippen LogP contribution in [0.2, 0.25) is 0 Å². The Kier molecular flexibility index (Phi) is 4.20. The van der Waals surface area contributed by atoms with E-state index in [1.165, 1.54) is 5.56 Å². The van der Waals surface area contributed by atoms with Crippen LogP contribution < -0.4 is 10.4 Å². The van der Waals surface area contributed by atoms with E-state index < -0.39 is 10.0 Å². The summed E-state index contributed by atoms with van der Waals surface area (Å²) < 4.78 is 30.9. The minimum absolute atomic E-state index is 0.150. The van der Waals surface area contributed by atoms with E-state index in [1.807, 2.05) is 30.3 Å². The highest BCUT2D eigenvalue weighted by Gasteiger charge is 2.18. The molecule has 0 saturated carbocycles. The topological polar surface area (TPSA) is 73.1 Å². The van der Waals surface area contributed by atoms with Crippen molar-refractivity contribution in [2.45, 2.75) is 30.7 Å². The Morgan fingerprint density at radius 1 is 1.04 bits per heavy atom. The molecule has 0 radical (unpaired) electrons.